The number of ether oxygens (including phenoxy) is 2. The Labute approximate surface area is 134 Å². The van der Waals surface area contributed by atoms with E-state index in [4.69, 9.17) is 21.1 Å². The number of hydrogen-bond acceptors (Lipinski definition) is 3. The first-order valence-electron chi connectivity index (χ1n) is 7.12. The molecule has 1 saturated carbocycles. The minimum atomic E-state index is 0.100. The lowest BCUT2D eigenvalue weighted by Gasteiger charge is -2.44. The van der Waals surface area contributed by atoms with Crippen molar-refractivity contribution in [1.82, 2.24) is 5.32 Å². The normalized spacial score (nSPS) is 25.3. The molecule has 1 aromatic rings. The Kier molecular flexibility index (Phi) is 6.15. The van der Waals surface area contributed by atoms with Gasteiger partial charge in [0.2, 0.25) is 0 Å². The van der Waals surface area contributed by atoms with E-state index in [0.29, 0.717) is 11.1 Å². The molecule has 3 nitrogen and oxygen atoms in total. The molecule has 0 aromatic heterocycles. The molecule has 3 atom stereocenters. The van der Waals surface area contributed by atoms with E-state index in [0.717, 1.165) is 36.2 Å². The quantitative estimate of drug-likeness (QED) is 0.794. The second-order valence-corrected chi connectivity index (χ2v) is 6.26. The molecule has 0 bridgehead atoms. The van der Waals surface area contributed by atoms with Crippen molar-refractivity contribution in [1.29, 1.82) is 0 Å². The molecule has 0 aliphatic heterocycles. The molecule has 0 amide bonds. The Balaban J connectivity index is 1.97. The molecule has 3 unspecified atom stereocenters. The smallest absolute Gasteiger partial charge is 0.134 e. The molecule has 0 radical (unpaired) electrons. The number of hydrogen-bond donors (Lipinski definition) is 1. The highest BCUT2D eigenvalue weighted by atomic mass is 79.9. The van der Waals surface area contributed by atoms with Crippen LogP contribution in [0.1, 0.15) is 26.7 Å². The SMILES string of the molecule is CCCOC1C(NCC)CC1Oc1ccc(Cl)cc1Br. The monoisotopic (exact) mass is 361 g/mol. The van der Waals surface area contributed by atoms with Crippen LogP contribution >= 0.6 is 27.5 Å². The standard InChI is InChI=1S/C15H21BrClNO2/c1-3-7-19-15-12(18-4-2)9-14(15)20-13-6-5-10(17)8-11(13)16/h5-6,8,12,14-15,18H,3-4,7,9H2,1-2H3. The second kappa shape index (κ2) is 7.64. The highest BCUT2D eigenvalue weighted by Gasteiger charge is 2.43. The van der Waals surface area contributed by atoms with Gasteiger partial charge in [0, 0.05) is 24.1 Å². The summed E-state index contributed by atoms with van der Waals surface area (Å²) in [5.41, 5.74) is 0. The molecule has 20 heavy (non-hydrogen) atoms. The summed E-state index contributed by atoms with van der Waals surface area (Å²) in [4.78, 5) is 0. The molecular weight excluding hydrogens is 342 g/mol. The van der Waals surface area contributed by atoms with Crippen molar-refractivity contribution in [3.63, 3.8) is 0 Å². The minimum Gasteiger partial charge on any atom is -0.486 e. The van der Waals surface area contributed by atoms with Crippen molar-refractivity contribution in [3.05, 3.63) is 27.7 Å². The summed E-state index contributed by atoms with van der Waals surface area (Å²) >= 11 is 9.42. The summed E-state index contributed by atoms with van der Waals surface area (Å²) in [6.45, 7) is 5.95. The maximum Gasteiger partial charge on any atom is 0.134 e. The van der Waals surface area contributed by atoms with E-state index < -0.39 is 0 Å². The molecule has 2 rings (SSSR count). The first-order valence-corrected chi connectivity index (χ1v) is 8.29. The van der Waals surface area contributed by atoms with Crippen LogP contribution in [0.25, 0.3) is 0 Å². The lowest BCUT2D eigenvalue weighted by atomic mass is 9.85. The van der Waals surface area contributed by atoms with Gasteiger partial charge in [0.15, 0.2) is 0 Å². The van der Waals surface area contributed by atoms with Crippen molar-refractivity contribution in [2.75, 3.05) is 13.2 Å². The Morgan fingerprint density at radius 2 is 2.20 bits per heavy atom. The summed E-state index contributed by atoms with van der Waals surface area (Å²) in [6.07, 6.45) is 2.21. The van der Waals surface area contributed by atoms with Crippen LogP contribution in [0.15, 0.2) is 22.7 Å². The topological polar surface area (TPSA) is 30.5 Å². The Morgan fingerprint density at radius 1 is 1.40 bits per heavy atom. The highest BCUT2D eigenvalue weighted by molar-refractivity contribution is 9.10. The van der Waals surface area contributed by atoms with Crippen LogP contribution < -0.4 is 10.1 Å². The van der Waals surface area contributed by atoms with Crippen molar-refractivity contribution >= 4 is 27.5 Å². The van der Waals surface area contributed by atoms with Gasteiger partial charge in [-0.15, -0.1) is 0 Å². The zero-order valence-electron chi connectivity index (χ0n) is 11.9. The van der Waals surface area contributed by atoms with Crippen LogP contribution in [0.2, 0.25) is 5.02 Å². The van der Waals surface area contributed by atoms with E-state index >= 15 is 0 Å². The van der Waals surface area contributed by atoms with Crippen LogP contribution in [0.4, 0.5) is 0 Å². The summed E-state index contributed by atoms with van der Waals surface area (Å²) in [7, 11) is 0. The van der Waals surface area contributed by atoms with Crippen molar-refractivity contribution in [2.45, 2.75) is 44.9 Å². The van der Waals surface area contributed by atoms with Crippen LogP contribution in [-0.2, 0) is 4.74 Å². The van der Waals surface area contributed by atoms with Gasteiger partial charge in [-0.2, -0.15) is 0 Å². The van der Waals surface area contributed by atoms with Crippen LogP contribution in [0.3, 0.4) is 0 Å². The first-order chi connectivity index (χ1) is 9.65. The predicted molar refractivity (Wildman–Crippen MR) is 85.7 cm³/mol. The van der Waals surface area contributed by atoms with Crippen LogP contribution in [0, 0.1) is 0 Å². The van der Waals surface area contributed by atoms with Crippen molar-refractivity contribution in [2.24, 2.45) is 0 Å². The third kappa shape index (κ3) is 3.88. The fourth-order valence-electron chi connectivity index (χ4n) is 2.37. The third-order valence-electron chi connectivity index (χ3n) is 3.40. The number of benzene rings is 1. The van der Waals surface area contributed by atoms with Gasteiger partial charge in [0.25, 0.3) is 0 Å². The van der Waals surface area contributed by atoms with E-state index in [-0.39, 0.29) is 12.2 Å². The number of likely N-dealkylation sites (N-methyl/N-ethyl adjacent to an activating group) is 1. The molecule has 0 saturated heterocycles. The van der Waals surface area contributed by atoms with E-state index in [2.05, 4.69) is 35.1 Å². The molecule has 1 N–H and O–H groups in total. The predicted octanol–water partition coefficient (Wildman–Crippen LogP) is 4.03. The van der Waals surface area contributed by atoms with Gasteiger partial charge in [-0.3, -0.25) is 0 Å². The maximum atomic E-state index is 6.05. The van der Waals surface area contributed by atoms with Gasteiger partial charge in [-0.05, 0) is 47.1 Å². The molecule has 1 aliphatic rings. The Morgan fingerprint density at radius 3 is 2.85 bits per heavy atom. The molecule has 112 valence electrons. The van der Waals surface area contributed by atoms with E-state index in [1.807, 2.05) is 18.2 Å². The van der Waals surface area contributed by atoms with E-state index in [1.54, 1.807) is 0 Å². The van der Waals surface area contributed by atoms with E-state index in [1.165, 1.54) is 0 Å². The largest absolute Gasteiger partial charge is 0.486 e. The van der Waals surface area contributed by atoms with E-state index in [9.17, 15) is 0 Å². The molecule has 1 aliphatic carbocycles. The summed E-state index contributed by atoms with van der Waals surface area (Å²) in [6, 6.07) is 5.97. The number of halogens is 2. The molecule has 0 spiro atoms. The van der Waals surface area contributed by atoms with Gasteiger partial charge in [0.05, 0.1) is 4.47 Å². The Bertz CT molecular complexity index is 444. The molecule has 5 heteroatoms. The zero-order chi connectivity index (χ0) is 14.5. The third-order valence-corrected chi connectivity index (χ3v) is 4.26. The molecule has 1 fully saturated rings. The van der Waals surface area contributed by atoms with Gasteiger partial charge in [-0.1, -0.05) is 25.4 Å². The van der Waals surface area contributed by atoms with Crippen molar-refractivity contribution in [3.8, 4) is 5.75 Å². The summed E-state index contributed by atoms with van der Waals surface area (Å²) in [5, 5.41) is 4.14. The average Bonchev–Trinajstić information content (AvgIpc) is 2.40. The van der Waals surface area contributed by atoms with Gasteiger partial charge in [-0.25, -0.2) is 0 Å². The van der Waals surface area contributed by atoms with Gasteiger partial charge in [0.1, 0.15) is 18.0 Å². The van der Waals surface area contributed by atoms with Crippen LogP contribution in [0.5, 0.6) is 5.75 Å². The second-order valence-electron chi connectivity index (χ2n) is 4.97. The lowest BCUT2D eigenvalue weighted by molar-refractivity contribution is -0.107. The molecular formula is C15H21BrClNO2. The van der Waals surface area contributed by atoms with Crippen LogP contribution in [-0.4, -0.2) is 31.4 Å². The van der Waals surface area contributed by atoms with Gasteiger partial charge < -0.3 is 14.8 Å². The minimum absolute atomic E-state index is 0.100. The average molecular weight is 363 g/mol. The fraction of sp³-hybridized carbons (Fsp3) is 0.600. The number of rotatable bonds is 7. The lowest BCUT2D eigenvalue weighted by Crippen LogP contribution is -2.61. The Hall–Kier alpha value is -0.290. The van der Waals surface area contributed by atoms with Gasteiger partial charge >= 0.3 is 0 Å². The first kappa shape index (κ1) is 16.1. The summed E-state index contributed by atoms with van der Waals surface area (Å²) < 4.78 is 12.8. The zero-order valence-corrected chi connectivity index (χ0v) is 14.2. The highest BCUT2D eigenvalue weighted by Crippen LogP contribution is 2.34. The maximum absolute atomic E-state index is 6.05. The number of nitrogens with one attached hydrogen (secondary N) is 1. The van der Waals surface area contributed by atoms with Crippen molar-refractivity contribution < 1.29 is 9.47 Å². The molecule has 0 heterocycles. The fourth-order valence-corrected chi connectivity index (χ4v) is 3.15. The summed E-state index contributed by atoms with van der Waals surface area (Å²) in [5.74, 6) is 0.819. The molecule has 1 aromatic carbocycles.